The van der Waals surface area contributed by atoms with E-state index in [1.807, 2.05) is 30.3 Å². The number of aromatic amines is 1. The van der Waals surface area contributed by atoms with E-state index in [9.17, 15) is 8.78 Å². The molecule has 4 aromatic rings. The molecule has 178 valence electrons. The lowest BCUT2D eigenvalue weighted by Crippen LogP contribution is -2.15. The first-order chi connectivity index (χ1) is 16.5. The van der Waals surface area contributed by atoms with Crippen molar-refractivity contribution in [3.05, 3.63) is 59.9 Å². The molecule has 3 heterocycles. The number of hydrogen-bond acceptors (Lipinski definition) is 6. The van der Waals surface area contributed by atoms with Crippen molar-refractivity contribution in [2.24, 2.45) is 0 Å². The second-order valence-corrected chi connectivity index (χ2v) is 8.27. The molecule has 10 heteroatoms. The van der Waals surface area contributed by atoms with E-state index in [0.29, 0.717) is 31.0 Å². The van der Waals surface area contributed by atoms with Crippen LogP contribution in [0.25, 0.3) is 22.5 Å². The van der Waals surface area contributed by atoms with Crippen LogP contribution >= 0.6 is 0 Å². The Hall–Kier alpha value is -3.56. The largest absolute Gasteiger partial charge is 0.308 e. The van der Waals surface area contributed by atoms with Crippen molar-refractivity contribution in [1.29, 1.82) is 0 Å². The number of unbranched alkanes of at least 4 members (excludes halogenated alkanes) is 2. The van der Waals surface area contributed by atoms with Crippen LogP contribution in [0, 0.1) is 0 Å². The zero-order chi connectivity index (χ0) is 24.0. The van der Waals surface area contributed by atoms with Gasteiger partial charge >= 0.3 is 5.92 Å². The fraction of sp³-hybridized carbons (Fsp3) is 0.417. The molecule has 1 N–H and O–H groups in total. The third-order valence-corrected chi connectivity index (χ3v) is 5.65. The average Bonchev–Trinajstić information content (AvgIpc) is 3.51. The van der Waals surface area contributed by atoms with Gasteiger partial charge in [0.25, 0.3) is 0 Å². The minimum atomic E-state index is -3.02. The summed E-state index contributed by atoms with van der Waals surface area (Å²) in [5, 5.41) is 18.4. The molecule has 0 saturated heterocycles. The molecule has 0 aliphatic heterocycles. The number of pyridine rings is 1. The monoisotopic (exact) mass is 466 g/mol. The van der Waals surface area contributed by atoms with Crippen LogP contribution in [-0.2, 0) is 18.9 Å². The van der Waals surface area contributed by atoms with Crippen LogP contribution in [0.15, 0.2) is 42.7 Å². The van der Waals surface area contributed by atoms with Gasteiger partial charge in [-0.15, -0.1) is 15.3 Å². The Labute approximate surface area is 196 Å². The molecular formula is C24H28F2N8. The first-order valence-electron chi connectivity index (χ1n) is 11.6. The number of tetrazole rings is 1. The summed E-state index contributed by atoms with van der Waals surface area (Å²) in [6.07, 6.45) is 7.13. The van der Waals surface area contributed by atoms with Gasteiger partial charge in [0.1, 0.15) is 5.82 Å². The van der Waals surface area contributed by atoms with E-state index in [0.717, 1.165) is 41.5 Å². The van der Waals surface area contributed by atoms with Gasteiger partial charge in [-0.3, -0.25) is 4.98 Å². The van der Waals surface area contributed by atoms with Gasteiger partial charge in [0.15, 0.2) is 0 Å². The molecule has 4 rings (SSSR count). The Kier molecular flexibility index (Phi) is 7.34. The summed E-state index contributed by atoms with van der Waals surface area (Å²) >= 11 is 0. The highest BCUT2D eigenvalue weighted by Crippen LogP contribution is 2.31. The number of nitrogens with one attached hydrogen (secondary N) is 1. The maximum absolute atomic E-state index is 14.5. The summed E-state index contributed by atoms with van der Waals surface area (Å²) in [6.45, 7) is 4.23. The molecule has 3 aromatic heterocycles. The highest BCUT2D eigenvalue weighted by Gasteiger charge is 2.36. The minimum Gasteiger partial charge on any atom is -0.264 e. The van der Waals surface area contributed by atoms with E-state index >= 15 is 0 Å². The zero-order valence-corrected chi connectivity index (χ0v) is 19.4. The van der Waals surface area contributed by atoms with Crippen molar-refractivity contribution >= 4 is 0 Å². The van der Waals surface area contributed by atoms with Crippen molar-refractivity contribution in [3.63, 3.8) is 0 Å². The molecule has 0 bridgehead atoms. The van der Waals surface area contributed by atoms with Gasteiger partial charge < -0.3 is 0 Å². The van der Waals surface area contributed by atoms with Gasteiger partial charge in [-0.2, -0.15) is 14.0 Å². The third kappa shape index (κ3) is 5.32. The second-order valence-electron chi connectivity index (χ2n) is 8.27. The zero-order valence-electron chi connectivity index (χ0n) is 19.4. The second kappa shape index (κ2) is 10.6. The summed E-state index contributed by atoms with van der Waals surface area (Å²) in [4.78, 5) is 8.42. The molecule has 0 fully saturated rings. The molecule has 0 spiro atoms. The molecule has 8 nitrogen and oxygen atoms in total. The number of halogens is 2. The quantitative estimate of drug-likeness (QED) is 0.305. The number of nitrogens with zero attached hydrogens (tertiary/aromatic N) is 7. The fourth-order valence-corrected chi connectivity index (χ4v) is 3.86. The van der Waals surface area contributed by atoms with Crippen LogP contribution in [0.5, 0.6) is 0 Å². The number of alkyl halides is 2. The lowest BCUT2D eigenvalue weighted by molar-refractivity contribution is -0.0232. The Morgan fingerprint density at radius 2 is 1.82 bits per heavy atom. The summed E-state index contributed by atoms with van der Waals surface area (Å²) in [5.41, 5.74) is 3.60. The minimum absolute atomic E-state index is 0.255. The maximum atomic E-state index is 14.5. The predicted molar refractivity (Wildman–Crippen MR) is 124 cm³/mol. The van der Waals surface area contributed by atoms with Crippen LogP contribution in [0.1, 0.15) is 63.2 Å². The number of aryl methyl sites for hydroxylation is 1. The van der Waals surface area contributed by atoms with E-state index in [1.54, 1.807) is 24.0 Å². The van der Waals surface area contributed by atoms with E-state index in [1.165, 1.54) is 0 Å². The maximum Gasteiger partial charge on any atom is 0.308 e. The third-order valence-electron chi connectivity index (χ3n) is 5.65. The average molecular weight is 467 g/mol. The van der Waals surface area contributed by atoms with E-state index < -0.39 is 5.92 Å². The van der Waals surface area contributed by atoms with E-state index in [2.05, 4.69) is 42.6 Å². The molecule has 1 aromatic carbocycles. The van der Waals surface area contributed by atoms with Crippen molar-refractivity contribution < 1.29 is 8.78 Å². The highest BCUT2D eigenvalue weighted by atomic mass is 19.3. The van der Waals surface area contributed by atoms with E-state index in [4.69, 9.17) is 0 Å². The number of H-pyrrole nitrogens is 1. The Morgan fingerprint density at radius 3 is 2.53 bits per heavy atom. The van der Waals surface area contributed by atoms with Crippen molar-refractivity contribution in [1.82, 2.24) is 40.4 Å². The van der Waals surface area contributed by atoms with Gasteiger partial charge in [-0.05, 0) is 40.8 Å². The number of aromatic nitrogens is 8. The standard InChI is InChI=1S/C24H28F2N8/c1-3-5-6-7-21-28-23(24(25,26)13-4-2)31-34(21)16-17-8-10-18(11-9-17)19-12-14-27-15-20(19)22-29-32-33-30-22/h8-12,14-15H,3-7,13,16H2,1-2H3,(H,29,30,32,33). The van der Waals surface area contributed by atoms with Crippen LogP contribution < -0.4 is 0 Å². The van der Waals surface area contributed by atoms with Gasteiger partial charge in [0, 0.05) is 30.8 Å². The van der Waals surface area contributed by atoms with Crippen LogP contribution in [0.2, 0.25) is 0 Å². The molecule has 0 radical (unpaired) electrons. The van der Waals surface area contributed by atoms with Gasteiger partial charge in [0.2, 0.25) is 11.6 Å². The Balaban J connectivity index is 1.58. The lowest BCUT2D eigenvalue weighted by Gasteiger charge is -2.10. The molecule has 0 aliphatic rings. The molecule has 0 amide bonds. The van der Waals surface area contributed by atoms with Crippen LogP contribution in [-0.4, -0.2) is 40.4 Å². The van der Waals surface area contributed by atoms with Crippen molar-refractivity contribution in [2.45, 2.75) is 64.8 Å². The normalized spacial score (nSPS) is 11.8. The molecular weight excluding hydrogens is 438 g/mol. The Morgan fingerprint density at radius 1 is 1.00 bits per heavy atom. The lowest BCUT2D eigenvalue weighted by atomic mass is 10.00. The van der Waals surface area contributed by atoms with Crippen LogP contribution in [0.3, 0.4) is 0 Å². The summed E-state index contributed by atoms with van der Waals surface area (Å²) < 4.78 is 30.6. The number of hydrogen-bond donors (Lipinski definition) is 1. The Bertz CT molecular complexity index is 1190. The molecule has 0 aliphatic carbocycles. The number of rotatable bonds is 11. The summed E-state index contributed by atoms with van der Waals surface area (Å²) in [5.74, 6) is -2.32. The fourth-order valence-electron chi connectivity index (χ4n) is 3.86. The van der Waals surface area contributed by atoms with Gasteiger partial charge in [0.05, 0.1) is 6.54 Å². The first kappa shape index (κ1) is 23.6. The van der Waals surface area contributed by atoms with Crippen LogP contribution in [0.4, 0.5) is 8.78 Å². The summed E-state index contributed by atoms with van der Waals surface area (Å²) in [7, 11) is 0. The first-order valence-corrected chi connectivity index (χ1v) is 11.6. The molecule has 0 saturated carbocycles. The molecule has 0 unspecified atom stereocenters. The van der Waals surface area contributed by atoms with Gasteiger partial charge in [-0.25, -0.2) is 9.67 Å². The smallest absolute Gasteiger partial charge is 0.264 e. The van der Waals surface area contributed by atoms with Crippen molar-refractivity contribution in [3.8, 4) is 22.5 Å². The predicted octanol–water partition coefficient (Wildman–Crippen LogP) is 5.19. The highest BCUT2D eigenvalue weighted by molar-refractivity contribution is 5.79. The van der Waals surface area contributed by atoms with Crippen molar-refractivity contribution in [2.75, 3.05) is 0 Å². The topological polar surface area (TPSA) is 98.1 Å². The SMILES string of the molecule is CCCCCc1nc(C(F)(F)CCC)nn1Cc1ccc(-c2ccncc2-c2nn[nH]n2)cc1. The molecule has 34 heavy (non-hydrogen) atoms. The van der Waals surface area contributed by atoms with E-state index in [-0.39, 0.29) is 12.2 Å². The molecule has 0 atom stereocenters. The number of benzene rings is 1. The summed E-state index contributed by atoms with van der Waals surface area (Å²) in [6, 6.07) is 9.80. The van der Waals surface area contributed by atoms with Gasteiger partial charge in [-0.1, -0.05) is 51.0 Å².